The van der Waals surface area contributed by atoms with Crippen LogP contribution >= 0.6 is 0 Å². The summed E-state index contributed by atoms with van der Waals surface area (Å²) in [6, 6.07) is 8.84. The topological polar surface area (TPSA) is 62.1 Å². The lowest BCUT2D eigenvalue weighted by Gasteiger charge is -2.16. The van der Waals surface area contributed by atoms with E-state index in [4.69, 9.17) is 10.00 Å². The first kappa shape index (κ1) is 13.9. The summed E-state index contributed by atoms with van der Waals surface area (Å²) >= 11 is 0. The molecule has 0 saturated heterocycles. The second-order valence-corrected chi connectivity index (χ2v) is 6.07. The van der Waals surface area contributed by atoms with E-state index in [1.165, 1.54) is 25.7 Å². The molecule has 1 aromatic rings. The number of carbonyl (C=O) groups is 1. The predicted octanol–water partition coefficient (Wildman–Crippen LogP) is 2.49. The highest BCUT2D eigenvalue weighted by Crippen LogP contribution is 2.48. The van der Waals surface area contributed by atoms with Gasteiger partial charge in [-0.3, -0.25) is 4.79 Å². The Balaban J connectivity index is 1.40. The van der Waals surface area contributed by atoms with E-state index in [1.54, 1.807) is 24.3 Å². The Morgan fingerprint density at radius 3 is 2.38 bits per heavy atom. The Morgan fingerprint density at radius 2 is 1.86 bits per heavy atom. The average Bonchev–Trinajstić information content (AvgIpc) is 3.38. The number of hydrogen-bond donors (Lipinski definition) is 1. The van der Waals surface area contributed by atoms with Gasteiger partial charge >= 0.3 is 0 Å². The van der Waals surface area contributed by atoms with Crippen LogP contribution < -0.4 is 10.1 Å². The average molecular weight is 284 g/mol. The van der Waals surface area contributed by atoms with Gasteiger partial charge in [0.25, 0.3) is 5.91 Å². The summed E-state index contributed by atoms with van der Waals surface area (Å²) in [7, 11) is 0. The third-order valence-electron chi connectivity index (χ3n) is 4.34. The van der Waals surface area contributed by atoms with E-state index >= 15 is 0 Å². The Kier molecular flexibility index (Phi) is 4.10. The van der Waals surface area contributed by atoms with E-state index in [0.717, 1.165) is 18.4 Å². The molecule has 2 aliphatic carbocycles. The van der Waals surface area contributed by atoms with Crippen molar-refractivity contribution in [2.24, 2.45) is 17.8 Å². The minimum atomic E-state index is -0.0642. The fraction of sp³-hybridized carbons (Fsp3) is 0.529. The molecule has 1 N–H and O–H groups in total. The molecule has 0 heterocycles. The van der Waals surface area contributed by atoms with Gasteiger partial charge in [-0.2, -0.15) is 5.26 Å². The molecule has 4 heteroatoms. The molecule has 0 spiro atoms. The smallest absolute Gasteiger partial charge is 0.257 e. The van der Waals surface area contributed by atoms with Crippen LogP contribution in [0.25, 0.3) is 0 Å². The van der Waals surface area contributed by atoms with Crippen LogP contribution in [-0.2, 0) is 4.79 Å². The van der Waals surface area contributed by atoms with Crippen molar-refractivity contribution in [3.05, 3.63) is 29.8 Å². The van der Waals surface area contributed by atoms with Crippen LogP contribution in [0.3, 0.4) is 0 Å². The van der Waals surface area contributed by atoms with E-state index in [0.29, 0.717) is 17.2 Å². The molecule has 0 aliphatic heterocycles. The Hall–Kier alpha value is -2.02. The van der Waals surface area contributed by atoms with Crippen LogP contribution in [0.1, 0.15) is 31.2 Å². The van der Waals surface area contributed by atoms with Crippen LogP contribution in [0.2, 0.25) is 0 Å². The van der Waals surface area contributed by atoms with E-state index in [1.807, 2.05) is 6.07 Å². The van der Waals surface area contributed by atoms with Gasteiger partial charge in [-0.05, 0) is 67.7 Å². The van der Waals surface area contributed by atoms with Crippen LogP contribution in [0.5, 0.6) is 5.75 Å². The number of carbonyl (C=O) groups excluding carboxylic acids is 1. The summed E-state index contributed by atoms with van der Waals surface area (Å²) in [5.74, 6) is 2.93. The van der Waals surface area contributed by atoms with Gasteiger partial charge in [0.2, 0.25) is 0 Å². The molecule has 3 rings (SSSR count). The molecular formula is C17H20N2O2. The van der Waals surface area contributed by atoms with Crippen LogP contribution in [-0.4, -0.2) is 19.1 Å². The van der Waals surface area contributed by atoms with Crippen molar-refractivity contribution in [2.45, 2.75) is 25.7 Å². The first-order valence-electron chi connectivity index (χ1n) is 7.66. The number of hydrogen-bond acceptors (Lipinski definition) is 3. The molecule has 0 unspecified atom stereocenters. The maximum absolute atomic E-state index is 11.8. The summed E-state index contributed by atoms with van der Waals surface area (Å²) in [5, 5.41) is 11.7. The maximum atomic E-state index is 11.8. The molecular weight excluding hydrogens is 264 g/mol. The van der Waals surface area contributed by atoms with Gasteiger partial charge in [0.1, 0.15) is 5.75 Å². The fourth-order valence-corrected chi connectivity index (χ4v) is 2.82. The summed E-state index contributed by atoms with van der Waals surface area (Å²) in [4.78, 5) is 11.8. The number of ether oxygens (including phenoxy) is 1. The number of benzene rings is 1. The monoisotopic (exact) mass is 284 g/mol. The van der Waals surface area contributed by atoms with Crippen molar-refractivity contribution in [1.29, 1.82) is 5.26 Å². The van der Waals surface area contributed by atoms with Crippen molar-refractivity contribution >= 4 is 5.91 Å². The molecule has 110 valence electrons. The number of amides is 1. The first-order chi connectivity index (χ1) is 10.3. The number of nitrogens with one attached hydrogen (secondary N) is 1. The minimum absolute atomic E-state index is 0.0357. The molecule has 0 aromatic heterocycles. The number of rotatable bonds is 7. The Bertz CT molecular complexity index is 527. The van der Waals surface area contributed by atoms with Gasteiger partial charge in [-0.25, -0.2) is 0 Å². The van der Waals surface area contributed by atoms with Crippen molar-refractivity contribution in [3.63, 3.8) is 0 Å². The zero-order valence-corrected chi connectivity index (χ0v) is 12.0. The third kappa shape index (κ3) is 3.98. The van der Waals surface area contributed by atoms with E-state index in [2.05, 4.69) is 5.32 Å². The molecule has 1 aromatic carbocycles. The van der Waals surface area contributed by atoms with Gasteiger partial charge in [-0.15, -0.1) is 0 Å². The largest absolute Gasteiger partial charge is 0.484 e. The summed E-state index contributed by atoms with van der Waals surface area (Å²) in [5.41, 5.74) is 0.587. The quantitative estimate of drug-likeness (QED) is 0.836. The summed E-state index contributed by atoms with van der Waals surface area (Å²) < 4.78 is 5.43. The SMILES string of the molecule is N#Cc1ccc(OCC(=O)NCC(C2CC2)C2CC2)cc1. The molecule has 4 nitrogen and oxygen atoms in total. The van der Waals surface area contributed by atoms with Crippen molar-refractivity contribution in [2.75, 3.05) is 13.2 Å². The zero-order chi connectivity index (χ0) is 14.7. The molecule has 2 aliphatic rings. The molecule has 2 saturated carbocycles. The molecule has 2 fully saturated rings. The Labute approximate surface area is 125 Å². The normalized spacial score (nSPS) is 17.3. The number of nitrogens with zero attached hydrogens (tertiary/aromatic N) is 1. The molecule has 0 bridgehead atoms. The van der Waals surface area contributed by atoms with Crippen LogP contribution in [0.15, 0.2) is 24.3 Å². The van der Waals surface area contributed by atoms with Crippen LogP contribution in [0.4, 0.5) is 0 Å². The van der Waals surface area contributed by atoms with E-state index < -0.39 is 0 Å². The second-order valence-electron chi connectivity index (χ2n) is 6.07. The van der Waals surface area contributed by atoms with Gasteiger partial charge in [0.15, 0.2) is 6.61 Å². The summed E-state index contributed by atoms with van der Waals surface area (Å²) in [6.07, 6.45) is 5.33. The lowest BCUT2D eigenvalue weighted by atomic mass is 9.98. The lowest BCUT2D eigenvalue weighted by molar-refractivity contribution is -0.123. The van der Waals surface area contributed by atoms with Gasteiger partial charge in [0, 0.05) is 6.54 Å². The van der Waals surface area contributed by atoms with Gasteiger partial charge < -0.3 is 10.1 Å². The van der Waals surface area contributed by atoms with E-state index in [-0.39, 0.29) is 12.5 Å². The molecule has 21 heavy (non-hydrogen) atoms. The minimum Gasteiger partial charge on any atom is -0.484 e. The van der Waals surface area contributed by atoms with Crippen LogP contribution in [0, 0.1) is 29.1 Å². The first-order valence-corrected chi connectivity index (χ1v) is 7.66. The standard InChI is InChI=1S/C17H20N2O2/c18-9-12-1-7-15(8-2-12)21-11-17(20)19-10-16(13-3-4-13)14-5-6-14/h1-2,7-8,13-14,16H,3-6,10-11H2,(H,19,20). The highest BCUT2D eigenvalue weighted by atomic mass is 16.5. The van der Waals surface area contributed by atoms with Crippen molar-refractivity contribution < 1.29 is 9.53 Å². The van der Waals surface area contributed by atoms with Crippen molar-refractivity contribution in [1.82, 2.24) is 5.32 Å². The highest BCUT2D eigenvalue weighted by Gasteiger charge is 2.41. The molecule has 1 amide bonds. The number of nitriles is 1. The van der Waals surface area contributed by atoms with E-state index in [9.17, 15) is 4.79 Å². The van der Waals surface area contributed by atoms with Gasteiger partial charge in [-0.1, -0.05) is 0 Å². The second kappa shape index (κ2) is 6.17. The van der Waals surface area contributed by atoms with Crippen molar-refractivity contribution in [3.8, 4) is 11.8 Å². The summed E-state index contributed by atoms with van der Waals surface area (Å²) in [6.45, 7) is 0.832. The maximum Gasteiger partial charge on any atom is 0.257 e. The molecule has 0 radical (unpaired) electrons. The van der Waals surface area contributed by atoms with Gasteiger partial charge in [0.05, 0.1) is 11.6 Å². The highest BCUT2D eigenvalue weighted by molar-refractivity contribution is 5.77. The predicted molar refractivity (Wildman–Crippen MR) is 78.6 cm³/mol. The Morgan fingerprint density at radius 1 is 1.24 bits per heavy atom. The third-order valence-corrected chi connectivity index (χ3v) is 4.34. The zero-order valence-electron chi connectivity index (χ0n) is 12.0. The fourth-order valence-electron chi connectivity index (χ4n) is 2.82. The lowest BCUT2D eigenvalue weighted by Crippen LogP contribution is -2.34. The molecule has 0 atom stereocenters.